The molecule has 0 aliphatic heterocycles. The summed E-state index contributed by atoms with van der Waals surface area (Å²) in [5.74, 6) is 1.48. The highest BCUT2D eigenvalue weighted by Crippen LogP contribution is 2.39. The Labute approximate surface area is 224 Å². The summed E-state index contributed by atoms with van der Waals surface area (Å²) in [6, 6.07) is 21.0. The Morgan fingerprint density at radius 3 is 2.19 bits per heavy atom. The average molecular weight is 543 g/mol. The van der Waals surface area contributed by atoms with Gasteiger partial charge in [0.05, 0.1) is 20.6 Å². The van der Waals surface area contributed by atoms with Crippen LogP contribution < -0.4 is 4.74 Å². The van der Waals surface area contributed by atoms with Crippen LogP contribution in [0.4, 0.5) is 0 Å². The zero-order valence-electron chi connectivity index (χ0n) is 19.5. The van der Waals surface area contributed by atoms with Crippen LogP contribution in [0, 0.1) is 0 Å². The molecule has 4 aromatic rings. The molecule has 0 saturated carbocycles. The van der Waals surface area contributed by atoms with Gasteiger partial charge < -0.3 is 9.26 Å². The molecule has 36 heavy (non-hydrogen) atoms. The lowest BCUT2D eigenvalue weighted by Crippen LogP contribution is -2.01. The Balaban J connectivity index is 0.00000115. The fraction of sp³-hybridized carbons (Fsp3) is 0.143. The lowest BCUT2D eigenvalue weighted by Gasteiger charge is -2.11. The van der Waals surface area contributed by atoms with Crippen molar-refractivity contribution in [3.05, 3.63) is 104 Å². The van der Waals surface area contributed by atoms with Crippen molar-refractivity contribution in [2.24, 2.45) is 0 Å². The van der Waals surface area contributed by atoms with E-state index in [0.717, 1.165) is 22.5 Å². The minimum absolute atomic E-state index is 0.111. The SMILES string of the molecule is CC(C)c1onc(-c2c(Cl)cccc2Cl)c1COc1ccc(/C=C/c2ccccc2)c(Cl)c1.O=C=O. The number of benzene rings is 3. The fourth-order valence-electron chi connectivity index (χ4n) is 3.47. The molecule has 8 heteroatoms. The van der Waals surface area contributed by atoms with Crippen molar-refractivity contribution in [3.8, 4) is 17.0 Å². The molecule has 1 heterocycles. The van der Waals surface area contributed by atoms with Gasteiger partial charge in [-0.2, -0.15) is 9.59 Å². The number of hydrogen-bond acceptors (Lipinski definition) is 5. The van der Waals surface area contributed by atoms with E-state index in [1.807, 2.05) is 68.5 Å². The molecule has 0 unspecified atom stereocenters. The molecule has 0 bridgehead atoms. The van der Waals surface area contributed by atoms with Crippen LogP contribution in [-0.2, 0) is 16.2 Å². The predicted octanol–water partition coefficient (Wildman–Crippen LogP) is 8.59. The molecule has 0 radical (unpaired) electrons. The van der Waals surface area contributed by atoms with E-state index in [1.54, 1.807) is 24.3 Å². The molecule has 0 aliphatic carbocycles. The second kappa shape index (κ2) is 13.1. The monoisotopic (exact) mass is 541 g/mol. The molecule has 1 aromatic heterocycles. The van der Waals surface area contributed by atoms with Crippen LogP contribution in [0.1, 0.15) is 42.2 Å². The highest BCUT2D eigenvalue weighted by molar-refractivity contribution is 6.39. The average Bonchev–Trinajstić information content (AvgIpc) is 3.27. The number of rotatable bonds is 7. The number of nitrogens with zero attached hydrogens (tertiary/aromatic N) is 1. The van der Waals surface area contributed by atoms with Gasteiger partial charge in [-0.25, -0.2) is 0 Å². The minimum Gasteiger partial charge on any atom is -0.489 e. The van der Waals surface area contributed by atoms with Gasteiger partial charge in [0.1, 0.15) is 23.8 Å². The Morgan fingerprint density at radius 1 is 0.917 bits per heavy atom. The Morgan fingerprint density at radius 2 is 1.58 bits per heavy atom. The van der Waals surface area contributed by atoms with Crippen LogP contribution in [0.25, 0.3) is 23.4 Å². The summed E-state index contributed by atoms with van der Waals surface area (Å²) in [5, 5.41) is 5.88. The molecular weight excluding hydrogens is 521 g/mol. The van der Waals surface area contributed by atoms with Crippen molar-refractivity contribution in [1.29, 1.82) is 0 Å². The lowest BCUT2D eigenvalue weighted by atomic mass is 10.0. The summed E-state index contributed by atoms with van der Waals surface area (Å²) in [4.78, 5) is 16.2. The fourth-order valence-corrected chi connectivity index (χ4v) is 4.28. The van der Waals surface area contributed by atoms with Gasteiger partial charge in [-0.1, -0.05) is 102 Å². The van der Waals surface area contributed by atoms with Gasteiger partial charge in [-0.05, 0) is 41.5 Å². The van der Waals surface area contributed by atoms with Gasteiger partial charge in [-0.15, -0.1) is 0 Å². The van der Waals surface area contributed by atoms with Crippen molar-refractivity contribution < 1.29 is 18.8 Å². The first kappa shape index (κ1) is 27.3. The van der Waals surface area contributed by atoms with E-state index in [4.69, 9.17) is 53.7 Å². The van der Waals surface area contributed by atoms with E-state index in [0.29, 0.717) is 32.1 Å². The largest absolute Gasteiger partial charge is 0.489 e. The van der Waals surface area contributed by atoms with Crippen molar-refractivity contribution in [2.45, 2.75) is 26.4 Å². The van der Waals surface area contributed by atoms with Crippen LogP contribution >= 0.6 is 34.8 Å². The Bertz CT molecular complexity index is 1350. The Hall–Kier alpha value is -3.34. The maximum atomic E-state index is 8.12. The van der Waals surface area contributed by atoms with Crippen LogP contribution in [0.5, 0.6) is 5.75 Å². The topological polar surface area (TPSA) is 69.4 Å². The first-order valence-electron chi connectivity index (χ1n) is 10.9. The maximum Gasteiger partial charge on any atom is 0.373 e. The minimum atomic E-state index is 0.111. The van der Waals surface area contributed by atoms with E-state index in [-0.39, 0.29) is 18.7 Å². The predicted molar refractivity (Wildman–Crippen MR) is 142 cm³/mol. The van der Waals surface area contributed by atoms with Crippen LogP contribution in [0.2, 0.25) is 15.1 Å². The molecule has 0 N–H and O–H groups in total. The third kappa shape index (κ3) is 6.87. The molecule has 0 fully saturated rings. The summed E-state index contributed by atoms with van der Waals surface area (Å²) in [6.45, 7) is 4.31. The summed E-state index contributed by atoms with van der Waals surface area (Å²) in [5.41, 5.74) is 4.04. The number of ether oxygens (including phenoxy) is 1. The molecule has 0 saturated heterocycles. The van der Waals surface area contributed by atoms with Gasteiger partial charge in [0.25, 0.3) is 0 Å². The molecule has 0 amide bonds. The molecule has 0 atom stereocenters. The summed E-state index contributed by atoms with van der Waals surface area (Å²) in [7, 11) is 0. The normalized spacial score (nSPS) is 10.7. The molecule has 4 rings (SSSR count). The van der Waals surface area contributed by atoms with E-state index in [1.165, 1.54) is 0 Å². The quantitative estimate of drug-likeness (QED) is 0.219. The molecule has 0 aliphatic rings. The standard InChI is InChI=1S/C27H22Cl3NO2.CO2/c1-17(2)27-21(26(31-33-27)25-22(28)9-6-10-23(25)29)16-32-20-14-13-19(24(30)15-20)12-11-18-7-4-3-5-8-18;2-1-3/h3-15,17H,16H2,1-2H3;/b12-11+;. The molecule has 0 spiro atoms. The van der Waals surface area contributed by atoms with E-state index < -0.39 is 0 Å². The second-order valence-electron chi connectivity index (χ2n) is 7.92. The summed E-state index contributed by atoms with van der Waals surface area (Å²) >= 11 is 19.4. The number of hydrogen-bond donors (Lipinski definition) is 0. The van der Waals surface area contributed by atoms with Crippen LogP contribution in [0.3, 0.4) is 0 Å². The highest BCUT2D eigenvalue weighted by atomic mass is 35.5. The van der Waals surface area contributed by atoms with E-state index >= 15 is 0 Å². The lowest BCUT2D eigenvalue weighted by molar-refractivity contribution is -0.191. The summed E-state index contributed by atoms with van der Waals surface area (Å²) < 4.78 is 11.7. The molecule has 184 valence electrons. The first-order valence-corrected chi connectivity index (χ1v) is 12.1. The van der Waals surface area contributed by atoms with Crippen molar-refractivity contribution in [1.82, 2.24) is 5.16 Å². The smallest absolute Gasteiger partial charge is 0.373 e. The zero-order chi connectivity index (χ0) is 26.1. The maximum absolute atomic E-state index is 8.12. The third-order valence-electron chi connectivity index (χ3n) is 5.15. The van der Waals surface area contributed by atoms with E-state index in [9.17, 15) is 0 Å². The summed E-state index contributed by atoms with van der Waals surface area (Å²) in [6.07, 6.45) is 4.25. The number of halogens is 3. The van der Waals surface area contributed by atoms with Crippen molar-refractivity contribution in [2.75, 3.05) is 0 Å². The van der Waals surface area contributed by atoms with Gasteiger partial charge in [0.2, 0.25) is 0 Å². The highest BCUT2D eigenvalue weighted by Gasteiger charge is 2.23. The van der Waals surface area contributed by atoms with Crippen LogP contribution in [-0.4, -0.2) is 11.3 Å². The van der Waals surface area contributed by atoms with Crippen LogP contribution in [0.15, 0.2) is 71.3 Å². The Kier molecular flexibility index (Phi) is 9.92. The number of aromatic nitrogens is 1. The van der Waals surface area contributed by atoms with Crippen molar-refractivity contribution >= 4 is 53.1 Å². The second-order valence-corrected chi connectivity index (χ2v) is 9.15. The first-order chi connectivity index (χ1) is 17.3. The third-order valence-corrected chi connectivity index (χ3v) is 6.11. The molecular formula is C28H22Cl3NO4. The van der Waals surface area contributed by atoms with Crippen molar-refractivity contribution in [3.63, 3.8) is 0 Å². The van der Waals surface area contributed by atoms with Gasteiger partial charge >= 0.3 is 6.15 Å². The zero-order valence-corrected chi connectivity index (χ0v) is 21.8. The molecule has 3 aromatic carbocycles. The number of carbonyl (C=O) groups excluding carboxylic acids is 2. The van der Waals surface area contributed by atoms with E-state index in [2.05, 4.69) is 5.16 Å². The van der Waals surface area contributed by atoms with Gasteiger partial charge in [-0.3, -0.25) is 0 Å². The molecule has 5 nitrogen and oxygen atoms in total. The van der Waals surface area contributed by atoms with Gasteiger partial charge in [0, 0.05) is 11.5 Å². The van der Waals surface area contributed by atoms with Gasteiger partial charge in [0.15, 0.2) is 0 Å².